The van der Waals surface area contributed by atoms with Crippen LogP contribution >= 0.6 is 0 Å². The number of nitrogens with one attached hydrogen (secondary N) is 1. The quantitative estimate of drug-likeness (QED) is 0.812. The Bertz CT molecular complexity index is 560. The molecule has 80 valence electrons. The largest absolute Gasteiger partial charge is 0.345 e. The third kappa shape index (κ3) is 1.71. The fourth-order valence-electron chi connectivity index (χ4n) is 1.67. The van der Waals surface area contributed by atoms with Crippen LogP contribution in [0.5, 0.6) is 0 Å². The first-order valence-corrected chi connectivity index (χ1v) is 5.19. The van der Waals surface area contributed by atoms with Crippen molar-refractivity contribution < 1.29 is 0 Å². The molecule has 0 saturated heterocycles. The number of nitrogens with zero attached hydrogens (tertiary/aromatic N) is 3. The fraction of sp³-hybridized carbons (Fsp3) is 0.273. The third-order valence-corrected chi connectivity index (χ3v) is 2.64. The van der Waals surface area contributed by atoms with E-state index in [1.165, 1.54) is 6.33 Å². The molecule has 1 saturated carbocycles. The van der Waals surface area contributed by atoms with Crippen molar-refractivity contribution in [3.8, 4) is 11.3 Å². The number of H-pyrrole nitrogens is 1. The molecule has 0 bridgehead atoms. The molecule has 0 radical (unpaired) electrons. The summed E-state index contributed by atoms with van der Waals surface area (Å²) >= 11 is 0. The number of hydrogen-bond acceptors (Lipinski definition) is 4. The maximum Gasteiger partial charge on any atom is 0.345 e. The summed E-state index contributed by atoms with van der Waals surface area (Å²) in [6, 6.07) is 1.91. The maximum absolute atomic E-state index is 11.4. The molecule has 0 spiro atoms. The third-order valence-electron chi connectivity index (χ3n) is 2.64. The molecule has 0 atom stereocenters. The second-order valence-electron chi connectivity index (χ2n) is 3.93. The zero-order valence-electron chi connectivity index (χ0n) is 8.55. The fourth-order valence-corrected chi connectivity index (χ4v) is 1.67. The van der Waals surface area contributed by atoms with Gasteiger partial charge >= 0.3 is 5.69 Å². The Balaban J connectivity index is 2.10. The van der Waals surface area contributed by atoms with Crippen LogP contribution in [0.1, 0.15) is 24.5 Å². The Labute approximate surface area is 91.6 Å². The Morgan fingerprint density at radius 1 is 1.25 bits per heavy atom. The molecule has 16 heavy (non-hydrogen) atoms. The van der Waals surface area contributed by atoms with Gasteiger partial charge in [0.25, 0.3) is 0 Å². The summed E-state index contributed by atoms with van der Waals surface area (Å²) in [7, 11) is 0. The van der Waals surface area contributed by atoms with Crippen molar-refractivity contribution in [2.24, 2.45) is 0 Å². The molecule has 0 unspecified atom stereocenters. The average molecular weight is 214 g/mol. The van der Waals surface area contributed by atoms with Crippen LogP contribution < -0.4 is 5.69 Å². The molecule has 0 aliphatic heterocycles. The number of aromatic amines is 1. The van der Waals surface area contributed by atoms with Gasteiger partial charge in [0.2, 0.25) is 0 Å². The van der Waals surface area contributed by atoms with Gasteiger partial charge in [0.05, 0.1) is 5.69 Å². The van der Waals surface area contributed by atoms with Gasteiger partial charge in [-0.2, -0.15) is 4.98 Å². The van der Waals surface area contributed by atoms with Gasteiger partial charge in [0, 0.05) is 23.7 Å². The van der Waals surface area contributed by atoms with E-state index in [-0.39, 0.29) is 5.69 Å². The lowest BCUT2D eigenvalue weighted by Gasteiger charge is -2.01. The van der Waals surface area contributed by atoms with Gasteiger partial charge in [-0.1, -0.05) is 0 Å². The first-order chi connectivity index (χ1) is 7.83. The van der Waals surface area contributed by atoms with Crippen molar-refractivity contribution in [3.63, 3.8) is 0 Å². The van der Waals surface area contributed by atoms with Crippen LogP contribution in [0.15, 0.2) is 29.6 Å². The minimum atomic E-state index is -0.303. The number of rotatable bonds is 2. The Morgan fingerprint density at radius 2 is 2.00 bits per heavy atom. The highest BCUT2D eigenvalue weighted by molar-refractivity contribution is 5.56. The molecule has 0 aromatic carbocycles. The monoisotopic (exact) mass is 214 g/mol. The molecule has 2 heterocycles. The minimum Gasteiger partial charge on any atom is -0.309 e. The standard InChI is InChI=1S/C11H10N4O/c16-11-14-9(7-1-2-7)3-10(15-11)8-4-12-6-13-5-8/h3-7H,1-2H2,(H,14,15,16). The molecule has 1 aliphatic carbocycles. The summed E-state index contributed by atoms with van der Waals surface area (Å²) in [5.41, 5.74) is 2.09. The van der Waals surface area contributed by atoms with Crippen molar-refractivity contribution in [1.82, 2.24) is 19.9 Å². The van der Waals surface area contributed by atoms with Crippen molar-refractivity contribution in [3.05, 3.63) is 41.0 Å². The minimum absolute atomic E-state index is 0.303. The molecular weight excluding hydrogens is 204 g/mol. The van der Waals surface area contributed by atoms with E-state index in [1.54, 1.807) is 12.4 Å². The molecule has 1 N–H and O–H groups in total. The summed E-state index contributed by atoms with van der Waals surface area (Å²) in [4.78, 5) is 25.9. The Kier molecular flexibility index (Phi) is 2.02. The van der Waals surface area contributed by atoms with Crippen molar-refractivity contribution in [2.45, 2.75) is 18.8 Å². The van der Waals surface area contributed by atoms with Crippen LogP contribution in [-0.2, 0) is 0 Å². The first-order valence-electron chi connectivity index (χ1n) is 5.19. The van der Waals surface area contributed by atoms with Gasteiger partial charge in [0.1, 0.15) is 6.33 Å². The molecular formula is C11H10N4O. The zero-order chi connectivity index (χ0) is 11.0. The summed E-state index contributed by atoms with van der Waals surface area (Å²) < 4.78 is 0. The summed E-state index contributed by atoms with van der Waals surface area (Å²) in [6.45, 7) is 0. The highest BCUT2D eigenvalue weighted by Gasteiger charge is 2.25. The number of aromatic nitrogens is 4. The van der Waals surface area contributed by atoms with E-state index in [4.69, 9.17) is 0 Å². The Hall–Kier alpha value is -2.04. The van der Waals surface area contributed by atoms with E-state index in [9.17, 15) is 4.79 Å². The molecule has 0 amide bonds. The van der Waals surface area contributed by atoms with E-state index < -0.39 is 0 Å². The summed E-state index contributed by atoms with van der Waals surface area (Å²) in [5.74, 6) is 0.499. The van der Waals surface area contributed by atoms with Gasteiger partial charge in [-0.15, -0.1) is 0 Å². The molecule has 5 nitrogen and oxygen atoms in total. The molecule has 3 rings (SSSR count). The second-order valence-corrected chi connectivity index (χ2v) is 3.93. The van der Waals surface area contributed by atoms with Crippen LogP contribution in [-0.4, -0.2) is 19.9 Å². The van der Waals surface area contributed by atoms with Crippen molar-refractivity contribution in [2.75, 3.05) is 0 Å². The first kappa shape index (κ1) is 9.21. The summed E-state index contributed by atoms with van der Waals surface area (Å²) in [6.07, 6.45) is 7.06. The molecule has 5 heteroatoms. The van der Waals surface area contributed by atoms with E-state index in [0.717, 1.165) is 24.1 Å². The zero-order valence-corrected chi connectivity index (χ0v) is 8.55. The van der Waals surface area contributed by atoms with Crippen LogP contribution in [0, 0.1) is 0 Å². The second kappa shape index (κ2) is 3.52. The van der Waals surface area contributed by atoms with Crippen molar-refractivity contribution >= 4 is 0 Å². The highest BCUT2D eigenvalue weighted by atomic mass is 16.1. The smallest absolute Gasteiger partial charge is 0.309 e. The average Bonchev–Trinajstić information content (AvgIpc) is 3.13. The van der Waals surface area contributed by atoms with Gasteiger partial charge in [0.15, 0.2) is 0 Å². The van der Waals surface area contributed by atoms with Gasteiger partial charge in [-0.05, 0) is 24.8 Å². The predicted molar refractivity (Wildman–Crippen MR) is 57.9 cm³/mol. The predicted octanol–water partition coefficient (Wildman–Crippen LogP) is 1.10. The Morgan fingerprint density at radius 3 is 2.69 bits per heavy atom. The SMILES string of the molecule is O=c1nc(-c2cncnc2)cc(C2CC2)[nH]1. The maximum atomic E-state index is 11.4. The lowest BCUT2D eigenvalue weighted by Crippen LogP contribution is -2.13. The van der Waals surface area contributed by atoms with Crippen LogP contribution in [0.25, 0.3) is 11.3 Å². The molecule has 2 aromatic heterocycles. The van der Waals surface area contributed by atoms with Gasteiger partial charge < -0.3 is 4.98 Å². The molecule has 2 aromatic rings. The molecule has 1 fully saturated rings. The van der Waals surface area contributed by atoms with E-state index in [0.29, 0.717) is 11.6 Å². The number of hydrogen-bond donors (Lipinski definition) is 1. The molecule has 1 aliphatic rings. The lowest BCUT2D eigenvalue weighted by atomic mass is 10.2. The highest BCUT2D eigenvalue weighted by Crippen LogP contribution is 2.39. The topological polar surface area (TPSA) is 71.5 Å². The lowest BCUT2D eigenvalue weighted by molar-refractivity contribution is 0.949. The van der Waals surface area contributed by atoms with Crippen LogP contribution in [0.4, 0.5) is 0 Å². The normalized spacial score (nSPS) is 15.0. The van der Waals surface area contributed by atoms with Crippen LogP contribution in [0.2, 0.25) is 0 Å². The summed E-state index contributed by atoms with van der Waals surface area (Å²) in [5, 5.41) is 0. The van der Waals surface area contributed by atoms with Gasteiger partial charge in [-0.25, -0.2) is 14.8 Å². The van der Waals surface area contributed by atoms with E-state index >= 15 is 0 Å². The van der Waals surface area contributed by atoms with Gasteiger partial charge in [-0.3, -0.25) is 0 Å². The van der Waals surface area contributed by atoms with E-state index in [2.05, 4.69) is 19.9 Å². The van der Waals surface area contributed by atoms with Crippen molar-refractivity contribution in [1.29, 1.82) is 0 Å². The van der Waals surface area contributed by atoms with Crippen LogP contribution in [0.3, 0.4) is 0 Å². The van der Waals surface area contributed by atoms with E-state index in [1.807, 2.05) is 6.07 Å².